The Balaban J connectivity index is 1.97. The van der Waals surface area contributed by atoms with E-state index in [9.17, 15) is 4.21 Å². The van der Waals surface area contributed by atoms with E-state index in [2.05, 4.69) is 42.2 Å². The van der Waals surface area contributed by atoms with Crippen LogP contribution in [0.4, 0.5) is 5.82 Å². The summed E-state index contributed by atoms with van der Waals surface area (Å²) in [5.74, 6) is 2.55. The molecule has 1 atom stereocenters. The van der Waals surface area contributed by atoms with Crippen LogP contribution in [0, 0.1) is 6.92 Å². The van der Waals surface area contributed by atoms with Gasteiger partial charge in [-0.05, 0) is 37.7 Å². The molecule has 6 heteroatoms. The summed E-state index contributed by atoms with van der Waals surface area (Å²) in [5, 5.41) is 0. The Morgan fingerprint density at radius 1 is 1.20 bits per heavy atom. The summed E-state index contributed by atoms with van der Waals surface area (Å²) in [7, 11) is -0.641. The van der Waals surface area contributed by atoms with Crippen LogP contribution in [-0.4, -0.2) is 30.2 Å². The Hall–Kier alpha value is -1.43. The number of fused-ring (bicyclic) bond motifs is 1. The number of nitrogens with zero attached hydrogens (tertiary/aromatic N) is 3. The first kappa shape index (κ1) is 19.9. The minimum absolute atomic E-state index is 0.341. The zero-order chi connectivity index (χ0) is 18.4. The number of rotatable bonds is 10. The molecule has 25 heavy (non-hydrogen) atoms. The van der Waals surface area contributed by atoms with Crippen molar-refractivity contribution >= 4 is 27.7 Å². The molecule has 0 aliphatic carbocycles. The third-order valence-corrected chi connectivity index (χ3v) is 6.09. The van der Waals surface area contributed by atoms with E-state index < -0.39 is 10.8 Å². The van der Waals surface area contributed by atoms with Crippen LogP contribution in [-0.2, 0) is 17.3 Å². The number of aryl methyl sites for hydroxylation is 2. The second-order valence-corrected chi connectivity index (χ2v) is 8.76. The van der Waals surface area contributed by atoms with Gasteiger partial charge in [-0.1, -0.05) is 33.6 Å². The molecule has 0 saturated carbocycles. The van der Waals surface area contributed by atoms with Gasteiger partial charge in [-0.15, -0.1) is 0 Å². The Morgan fingerprint density at radius 3 is 2.60 bits per heavy atom. The van der Waals surface area contributed by atoms with E-state index in [0.29, 0.717) is 11.7 Å². The molecule has 2 aromatic heterocycles. The number of unbranched alkanes of at least 4 members (excludes halogenated alkanes) is 3. The number of nitrogen functional groups attached to an aromatic ring is 1. The predicted molar refractivity (Wildman–Crippen MR) is 107 cm³/mol. The van der Waals surface area contributed by atoms with Gasteiger partial charge in [-0.3, -0.25) is 4.21 Å². The van der Waals surface area contributed by atoms with Gasteiger partial charge in [0.25, 0.3) is 0 Å². The maximum absolute atomic E-state index is 11.8. The van der Waals surface area contributed by atoms with Gasteiger partial charge >= 0.3 is 0 Å². The van der Waals surface area contributed by atoms with Crippen molar-refractivity contribution in [3.63, 3.8) is 0 Å². The lowest BCUT2D eigenvalue weighted by Gasteiger charge is -2.13. The number of hydrogen-bond acceptors (Lipinski definition) is 4. The lowest BCUT2D eigenvalue weighted by atomic mass is 10.0. The second kappa shape index (κ2) is 9.32. The molecular formula is C19H32N4OS. The lowest BCUT2D eigenvalue weighted by molar-refractivity contribution is 0.610. The summed E-state index contributed by atoms with van der Waals surface area (Å²) in [6.45, 7) is 9.45. The standard InChI is InChI=1S/C19H32N4OS/c1-5-6-11-25(24)12-9-7-8-10-23-13-21-17-18(23)15(4)16(14(2)3)22-19(17)20/h13-14H,5-12H2,1-4H3,(H2,20,22). The Bertz CT molecular complexity index is 724. The molecular weight excluding hydrogens is 332 g/mol. The minimum atomic E-state index is -0.641. The first-order chi connectivity index (χ1) is 12.0. The molecule has 0 spiro atoms. The van der Waals surface area contributed by atoms with Gasteiger partial charge in [0, 0.05) is 28.9 Å². The largest absolute Gasteiger partial charge is 0.382 e. The van der Waals surface area contributed by atoms with Gasteiger partial charge in [0.15, 0.2) is 5.82 Å². The highest BCUT2D eigenvalue weighted by Crippen LogP contribution is 2.28. The van der Waals surface area contributed by atoms with Crippen molar-refractivity contribution < 1.29 is 4.21 Å². The fourth-order valence-corrected chi connectivity index (χ4v) is 4.55. The fraction of sp³-hybridized carbons (Fsp3) is 0.684. The van der Waals surface area contributed by atoms with E-state index in [1.165, 1.54) is 5.56 Å². The minimum Gasteiger partial charge on any atom is -0.382 e. The van der Waals surface area contributed by atoms with E-state index in [4.69, 9.17) is 5.73 Å². The smallest absolute Gasteiger partial charge is 0.151 e. The van der Waals surface area contributed by atoms with E-state index in [0.717, 1.165) is 66.9 Å². The Morgan fingerprint density at radius 2 is 1.92 bits per heavy atom. The van der Waals surface area contributed by atoms with Gasteiger partial charge in [0.1, 0.15) is 5.52 Å². The van der Waals surface area contributed by atoms with Crippen molar-refractivity contribution in [1.29, 1.82) is 0 Å². The van der Waals surface area contributed by atoms with Crippen LogP contribution in [0.3, 0.4) is 0 Å². The van der Waals surface area contributed by atoms with Crippen molar-refractivity contribution in [2.75, 3.05) is 17.2 Å². The van der Waals surface area contributed by atoms with Crippen LogP contribution < -0.4 is 5.73 Å². The van der Waals surface area contributed by atoms with Crippen molar-refractivity contribution in [3.05, 3.63) is 17.6 Å². The first-order valence-corrected chi connectivity index (χ1v) is 10.9. The number of nitrogens with two attached hydrogens (primary N) is 1. The molecule has 2 rings (SSSR count). The Labute approximate surface area is 153 Å². The van der Waals surface area contributed by atoms with E-state index in [1.54, 1.807) is 0 Å². The molecule has 0 amide bonds. The van der Waals surface area contributed by atoms with Crippen LogP contribution in [0.25, 0.3) is 11.0 Å². The summed E-state index contributed by atoms with van der Waals surface area (Å²) in [4.78, 5) is 9.00. The molecule has 2 heterocycles. The average Bonchev–Trinajstić information content (AvgIpc) is 3.00. The molecule has 5 nitrogen and oxygen atoms in total. The van der Waals surface area contributed by atoms with Gasteiger partial charge in [-0.25, -0.2) is 9.97 Å². The maximum Gasteiger partial charge on any atom is 0.151 e. The van der Waals surface area contributed by atoms with Crippen molar-refractivity contribution in [2.45, 2.75) is 72.3 Å². The van der Waals surface area contributed by atoms with Crippen molar-refractivity contribution in [1.82, 2.24) is 14.5 Å². The number of imidazole rings is 1. The molecule has 0 fully saturated rings. The van der Waals surface area contributed by atoms with Crippen LogP contribution in [0.5, 0.6) is 0 Å². The summed E-state index contributed by atoms with van der Waals surface area (Å²) in [6.07, 6.45) is 7.25. The highest BCUT2D eigenvalue weighted by molar-refractivity contribution is 7.84. The van der Waals surface area contributed by atoms with Crippen LogP contribution in [0.2, 0.25) is 0 Å². The van der Waals surface area contributed by atoms with E-state index in [1.807, 2.05) is 6.33 Å². The zero-order valence-electron chi connectivity index (χ0n) is 16.0. The van der Waals surface area contributed by atoms with Gasteiger partial charge < -0.3 is 10.3 Å². The van der Waals surface area contributed by atoms with Crippen LogP contribution in [0.15, 0.2) is 6.33 Å². The number of anilines is 1. The summed E-state index contributed by atoms with van der Waals surface area (Å²) >= 11 is 0. The fourth-order valence-electron chi connectivity index (χ4n) is 3.21. The number of pyridine rings is 1. The number of aromatic nitrogens is 3. The lowest BCUT2D eigenvalue weighted by Crippen LogP contribution is -2.06. The number of hydrogen-bond donors (Lipinski definition) is 1. The third kappa shape index (κ3) is 5.03. The maximum atomic E-state index is 11.8. The normalized spacial score (nSPS) is 13.0. The molecule has 0 bridgehead atoms. The molecule has 1 unspecified atom stereocenters. The molecule has 0 saturated heterocycles. The van der Waals surface area contributed by atoms with E-state index in [-0.39, 0.29) is 0 Å². The molecule has 0 aliphatic heterocycles. The monoisotopic (exact) mass is 364 g/mol. The third-order valence-electron chi connectivity index (χ3n) is 4.60. The summed E-state index contributed by atoms with van der Waals surface area (Å²) < 4.78 is 14.0. The molecule has 0 radical (unpaired) electrons. The first-order valence-electron chi connectivity index (χ1n) is 9.41. The van der Waals surface area contributed by atoms with Gasteiger partial charge in [0.2, 0.25) is 0 Å². The second-order valence-electron chi connectivity index (χ2n) is 7.06. The van der Waals surface area contributed by atoms with Crippen LogP contribution in [0.1, 0.15) is 70.1 Å². The molecule has 140 valence electrons. The van der Waals surface area contributed by atoms with Crippen molar-refractivity contribution in [2.24, 2.45) is 0 Å². The van der Waals surface area contributed by atoms with E-state index >= 15 is 0 Å². The van der Waals surface area contributed by atoms with Crippen LogP contribution >= 0.6 is 0 Å². The highest BCUT2D eigenvalue weighted by Gasteiger charge is 2.16. The topological polar surface area (TPSA) is 73.8 Å². The summed E-state index contributed by atoms with van der Waals surface area (Å²) in [5.41, 5.74) is 10.3. The zero-order valence-corrected chi connectivity index (χ0v) is 16.9. The average molecular weight is 365 g/mol. The molecule has 0 aromatic carbocycles. The SMILES string of the molecule is CCCCS(=O)CCCCCn1cnc2c(N)nc(C(C)C)c(C)c21. The Kier molecular flexibility index (Phi) is 7.41. The van der Waals surface area contributed by atoms with Crippen molar-refractivity contribution in [3.8, 4) is 0 Å². The molecule has 0 aliphatic rings. The molecule has 2 N–H and O–H groups in total. The molecule has 2 aromatic rings. The highest BCUT2D eigenvalue weighted by atomic mass is 32.2. The summed E-state index contributed by atoms with van der Waals surface area (Å²) in [6, 6.07) is 0. The quantitative estimate of drug-likeness (QED) is 0.642. The van der Waals surface area contributed by atoms with Gasteiger partial charge in [-0.2, -0.15) is 0 Å². The predicted octanol–water partition coefficient (Wildman–Crippen LogP) is 4.16. The van der Waals surface area contributed by atoms with Gasteiger partial charge in [0.05, 0.1) is 17.5 Å².